The minimum absolute atomic E-state index is 0.120. The highest BCUT2D eigenvalue weighted by Crippen LogP contribution is 2.50. The van der Waals surface area contributed by atoms with Crippen LogP contribution in [0.3, 0.4) is 0 Å². The zero-order chi connectivity index (χ0) is 8.60. The molecule has 0 N–H and O–H groups in total. The van der Waals surface area contributed by atoms with E-state index in [9.17, 15) is 4.79 Å². The highest BCUT2D eigenvalue weighted by molar-refractivity contribution is 5.60. The monoisotopic (exact) mass is 166 g/mol. The molecule has 12 heavy (non-hydrogen) atoms. The van der Waals surface area contributed by atoms with Crippen molar-refractivity contribution < 1.29 is 4.79 Å². The predicted molar refractivity (Wildman–Crippen MR) is 48.9 cm³/mol. The Morgan fingerprint density at radius 1 is 1.42 bits per heavy atom. The van der Waals surface area contributed by atoms with Gasteiger partial charge in [0.2, 0.25) is 0 Å². The maximum atomic E-state index is 11.0. The molecular weight excluding hydrogens is 148 g/mol. The van der Waals surface area contributed by atoms with Crippen LogP contribution in [0, 0.1) is 17.3 Å². The Morgan fingerprint density at radius 2 is 2.00 bits per heavy atom. The summed E-state index contributed by atoms with van der Waals surface area (Å²) in [6, 6.07) is 0. The summed E-state index contributed by atoms with van der Waals surface area (Å²) >= 11 is 0. The van der Waals surface area contributed by atoms with Gasteiger partial charge < -0.3 is 4.79 Å². The first-order valence-electron chi connectivity index (χ1n) is 5.22. The molecule has 0 spiro atoms. The van der Waals surface area contributed by atoms with Crippen LogP contribution in [0.5, 0.6) is 0 Å². The van der Waals surface area contributed by atoms with Gasteiger partial charge in [-0.2, -0.15) is 0 Å². The van der Waals surface area contributed by atoms with Crippen molar-refractivity contribution in [2.75, 3.05) is 0 Å². The fourth-order valence-electron chi connectivity index (χ4n) is 2.65. The van der Waals surface area contributed by atoms with E-state index in [1.165, 1.54) is 44.8 Å². The second-order valence-electron chi connectivity index (χ2n) is 4.86. The molecule has 2 saturated carbocycles. The molecule has 0 aliphatic heterocycles. The molecule has 1 nitrogen and oxygen atoms in total. The van der Waals surface area contributed by atoms with E-state index >= 15 is 0 Å². The number of carbonyl (C=O) groups excluding carboxylic acids is 1. The Hall–Kier alpha value is -0.330. The summed E-state index contributed by atoms with van der Waals surface area (Å²) in [5.41, 5.74) is 0.120. The van der Waals surface area contributed by atoms with E-state index in [0.717, 1.165) is 11.8 Å². The molecule has 0 bridgehead atoms. The molecule has 0 aromatic rings. The quantitative estimate of drug-likeness (QED) is 0.589. The van der Waals surface area contributed by atoms with Crippen LogP contribution in [0.25, 0.3) is 0 Å². The molecule has 2 atom stereocenters. The van der Waals surface area contributed by atoms with Gasteiger partial charge in [0, 0.05) is 5.41 Å². The van der Waals surface area contributed by atoms with Crippen LogP contribution >= 0.6 is 0 Å². The molecule has 2 unspecified atom stereocenters. The number of hydrogen-bond acceptors (Lipinski definition) is 1. The molecule has 0 aromatic carbocycles. The normalized spacial score (nSPS) is 38.1. The van der Waals surface area contributed by atoms with Gasteiger partial charge in [-0.1, -0.05) is 19.8 Å². The highest BCUT2D eigenvalue weighted by atomic mass is 16.1. The van der Waals surface area contributed by atoms with Crippen molar-refractivity contribution in [2.24, 2.45) is 17.3 Å². The molecule has 0 heterocycles. The van der Waals surface area contributed by atoms with Crippen LogP contribution in [0.4, 0.5) is 0 Å². The average molecular weight is 166 g/mol. The third-order valence-corrected chi connectivity index (χ3v) is 3.79. The van der Waals surface area contributed by atoms with Crippen LogP contribution in [0.15, 0.2) is 0 Å². The predicted octanol–water partition coefficient (Wildman–Crippen LogP) is 2.79. The van der Waals surface area contributed by atoms with Gasteiger partial charge in [-0.05, 0) is 37.5 Å². The van der Waals surface area contributed by atoms with Crippen molar-refractivity contribution in [2.45, 2.75) is 45.4 Å². The number of aldehydes is 1. The summed E-state index contributed by atoms with van der Waals surface area (Å²) in [5.74, 6) is 1.79. The van der Waals surface area contributed by atoms with E-state index in [1.807, 2.05) is 0 Å². The van der Waals surface area contributed by atoms with Gasteiger partial charge in [0.15, 0.2) is 0 Å². The van der Waals surface area contributed by atoms with Crippen molar-refractivity contribution in [3.63, 3.8) is 0 Å². The van der Waals surface area contributed by atoms with Gasteiger partial charge in [-0.25, -0.2) is 0 Å². The second-order valence-corrected chi connectivity index (χ2v) is 4.86. The van der Waals surface area contributed by atoms with Crippen LogP contribution in [0.1, 0.15) is 45.4 Å². The third-order valence-electron chi connectivity index (χ3n) is 3.79. The number of carbonyl (C=O) groups is 1. The fraction of sp³-hybridized carbons (Fsp3) is 0.909. The van der Waals surface area contributed by atoms with Gasteiger partial charge in [-0.15, -0.1) is 0 Å². The van der Waals surface area contributed by atoms with E-state index in [2.05, 4.69) is 6.92 Å². The summed E-state index contributed by atoms with van der Waals surface area (Å²) in [6.07, 6.45) is 8.71. The zero-order valence-corrected chi connectivity index (χ0v) is 7.88. The minimum Gasteiger partial charge on any atom is -0.303 e. The second kappa shape index (κ2) is 2.86. The van der Waals surface area contributed by atoms with Crippen molar-refractivity contribution in [1.82, 2.24) is 0 Å². The number of hydrogen-bond donors (Lipinski definition) is 0. The molecule has 1 heteroatoms. The maximum absolute atomic E-state index is 11.0. The Morgan fingerprint density at radius 3 is 2.42 bits per heavy atom. The lowest BCUT2D eigenvalue weighted by Crippen LogP contribution is -2.18. The Kier molecular flexibility index (Phi) is 1.97. The van der Waals surface area contributed by atoms with E-state index in [4.69, 9.17) is 0 Å². The first kappa shape index (κ1) is 8.28. The molecule has 68 valence electrons. The summed E-state index contributed by atoms with van der Waals surface area (Å²) in [7, 11) is 0. The number of rotatable bonds is 3. The van der Waals surface area contributed by atoms with E-state index in [0.29, 0.717) is 0 Å². The zero-order valence-electron chi connectivity index (χ0n) is 7.88. The lowest BCUT2D eigenvalue weighted by molar-refractivity contribution is -0.116. The molecule has 0 saturated heterocycles. The van der Waals surface area contributed by atoms with Gasteiger partial charge in [0.05, 0.1) is 0 Å². The highest BCUT2D eigenvalue weighted by Gasteiger charge is 2.42. The average Bonchev–Trinajstić information content (AvgIpc) is 2.60. The third kappa shape index (κ3) is 1.41. The van der Waals surface area contributed by atoms with Crippen LogP contribution in [-0.4, -0.2) is 6.29 Å². The smallest absolute Gasteiger partial charge is 0.126 e. The van der Waals surface area contributed by atoms with Crippen LogP contribution in [0.2, 0.25) is 0 Å². The maximum Gasteiger partial charge on any atom is 0.126 e. The lowest BCUT2D eigenvalue weighted by Gasteiger charge is -2.21. The first-order valence-corrected chi connectivity index (χ1v) is 5.22. The fourth-order valence-corrected chi connectivity index (χ4v) is 2.65. The van der Waals surface area contributed by atoms with Gasteiger partial charge in [-0.3, -0.25) is 0 Å². The van der Waals surface area contributed by atoms with Gasteiger partial charge in [0.25, 0.3) is 0 Å². The van der Waals surface area contributed by atoms with Crippen LogP contribution < -0.4 is 0 Å². The van der Waals surface area contributed by atoms with Crippen molar-refractivity contribution in [3.8, 4) is 0 Å². The van der Waals surface area contributed by atoms with Gasteiger partial charge in [0.1, 0.15) is 6.29 Å². The Balaban J connectivity index is 1.93. The molecule has 2 rings (SSSR count). The molecule has 2 aliphatic carbocycles. The summed E-state index contributed by atoms with van der Waals surface area (Å²) in [4.78, 5) is 11.0. The first-order chi connectivity index (χ1) is 5.76. The minimum atomic E-state index is 0.120. The molecule has 0 amide bonds. The largest absolute Gasteiger partial charge is 0.303 e. The Labute approximate surface area is 74.5 Å². The summed E-state index contributed by atoms with van der Waals surface area (Å²) in [6.45, 7) is 2.30. The van der Waals surface area contributed by atoms with Gasteiger partial charge >= 0.3 is 0 Å². The standard InChI is InChI=1S/C11H18O/c1-9-6-10(9)7-11(8-12)4-2-3-5-11/h8-10H,2-7H2,1H3. The van der Waals surface area contributed by atoms with Crippen molar-refractivity contribution >= 4 is 6.29 Å². The summed E-state index contributed by atoms with van der Waals surface area (Å²) < 4.78 is 0. The molecule has 0 aromatic heterocycles. The molecule has 2 aliphatic rings. The van der Waals surface area contributed by atoms with E-state index in [-0.39, 0.29) is 5.41 Å². The van der Waals surface area contributed by atoms with E-state index in [1.54, 1.807) is 0 Å². The molecular formula is C11H18O. The van der Waals surface area contributed by atoms with Crippen molar-refractivity contribution in [3.05, 3.63) is 0 Å². The summed E-state index contributed by atoms with van der Waals surface area (Å²) in [5, 5.41) is 0. The Bertz CT molecular complexity index is 179. The SMILES string of the molecule is CC1CC1CC1(C=O)CCCC1. The lowest BCUT2D eigenvalue weighted by atomic mass is 9.82. The van der Waals surface area contributed by atoms with Crippen molar-refractivity contribution in [1.29, 1.82) is 0 Å². The van der Waals surface area contributed by atoms with Crippen LogP contribution in [-0.2, 0) is 4.79 Å². The van der Waals surface area contributed by atoms with E-state index < -0.39 is 0 Å². The molecule has 0 radical (unpaired) electrons. The molecule has 2 fully saturated rings. The topological polar surface area (TPSA) is 17.1 Å².